The molecular formula is C22H23N3OS. The van der Waals surface area contributed by atoms with Crippen molar-refractivity contribution >= 4 is 33.6 Å². The highest BCUT2D eigenvalue weighted by molar-refractivity contribution is 8.14. The molecule has 1 aliphatic heterocycles. The molecule has 27 heavy (non-hydrogen) atoms. The van der Waals surface area contributed by atoms with E-state index in [1.54, 1.807) is 0 Å². The first-order chi connectivity index (χ1) is 13.0. The standard InChI is InChI=1S/C22H23N3OS/c1-15-21(27-22(26)23-15)13-17-5-4-6-20-19(17)11-12-25(20)14-16-7-9-18(10-8-16)24(2)3/h4-12,21H,1,13-14H2,2-3H3,(H,23,26). The maximum atomic E-state index is 11.6. The molecule has 1 amide bonds. The van der Waals surface area contributed by atoms with Gasteiger partial charge >= 0.3 is 0 Å². The second-order valence-corrected chi connectivity index (χ2v) is 8.28. The van der Waals surface area contributed by atoms with Crippen LogP contribution in [0.2, 0.25) is 0 Å². The number of rotatable bonds is 5. The zero-order valence-electron chi connectivity index (χ0n) is 15.6. The van der Waals surface area contributed by atoms with Gasteiger partial charge in [-0.1, -0.05) is 42.6 Å². The third kappa shape index (κ3) is 3.60. The van der Waals surface area contributed by atoms with Crippen LogP contribution in [0.25, 0.3) is 10.9 Å². The fourth-order valence-corrected chi connectivity index (χ4v) is 4.42. The molecule has 1 saturated heterocycles. The lowest BCUT2D eigenvalue weighted by Gasteiger charge is -2.13. The molecule has 1 aliphatic rings. The lowest BCUT2D eigenvalue weighted by molar-refractivity contribution is 0.263. The third-order valence-electron chi connectivity index (χ3n) is 5.02. The summed E-state index contributed by atoms with van der Waals surface area (Å²) in [7, 11) is 4.10. The van der Waals surface area contributed by atoms with E-state index in [-0.39, 0.29) is 10.5 Å². The van der Waals surface area contributed by atoms with Gasteiger partial charge in [-0.2, -0.15) is 0 Å². The van der Waals surface area contributed by atoms with Crippen LogP contribution in [0.4, 0.5) is 10.5 Å². The smallest absolute Gasteiger partial charge is 0.283 e. The molecule has 1 aromatic heterocycles. The number of anilines is 1. The number of hydrogen-bond donors (Lipinski definition) is 1. The number of hydrogen-bond acceptors (Lipinski definition) is 3. The van der Waals surface area contributed by atoms with Gasteiger partial charge < -0.3 is 14.8 Å². The van der Waals surface area contributed by atoms with E-state index in [0.717, 1.165) is 18.7 Å². The SMILES string of the molecule is C=C1NC(=O)SC1Cc1cccc2c1ccn2Cc1ccc(N(C)C)cc1. The molecule has 1 atom stereocenters. The van der Waals surface area contributed by atoms with Gasteiger partial charge in [-0.25, -0.2) is 0 Å². The molecular weight excluding hydrogens is 354 g/mol. The minimum absolute atomic E-state index is 0.00378. The topological polar surface area (TPSA) is 37.3 Å². The van der Waals surface area contributed by atoms with Gasteiger partial charge in [-0.3, -0.25) is 4.79 Å². The van der Waals surface area contributed by atoms with E-state index in [2.05, 4.69) is 90.2 Å². The Labute approximate surface area is 163 Å². The van der Waals surface area contributed by atoms with Gasteiger partial charge in [0.1, 0.15) is 0 Å². The Hall–Kier alpha value is -2.66. The number of nitrogens with one attached hydrogen (secondary N) is 1. The summed E-state index contributed by atoms with van der Waals surface area (Å²) in [5.74, 6) is 0. The molecule has 0 spiro atoms. The van der Waals surface area contributed by atoms with E-state index in [4.69, 9.17) is 0 Å². The van der Waals surface area contributed by atoms with Crippen molar-refractivity contribution in [1.82, 2.24) is 9.88 Å². The van der Waals surface area contributed by atoms with E-state index in [1.165, 1.54) is 39.5 Å². The molecule has 1 N–H and O–H groups in total. The van der Waals surface area contributed by atoms with Crippen LogP contribution in [0.1, 0.15) is 11.1 Å². The number of fused-ring (bicyclic) bond motifs is 1. The van der Waals surface area contributed by atoms with Gasteiger partial charge in [-0.05, 0) is 41.8 Å². The van der Waals surface area contributed by atoms with E-state index in [1.807, 2.05) is 0 Å². The number of benzene rings is 2. The van der Waals surface area contributed by atoms with Crippen LogP contribution in [0.15, 0.2) is 67.0 Å². The Morgan fingerprint density at radius 3 is 2.59 bits per heavy atom. The Bertz CT molecular complexity index is 1000. The number of thioether (sulfide) groups is 1. The van der Waals surface area contributed by atoms with Crippen LogP contribution in [-0.2, 0) is 13.0 Å². The second kappa shape index (κ2) is 7.16. The highest BCUT2D eigenvalue weighted by atomic mass is 32.2. The number of amides is 1. The second-order valence-electron chi connectivity index (χ2n) is 7.10. The summed E-state index contributed by atoms with van der Waals surface area (Å²) in [6, 6.07) is 17.3. The average molecular weight is 378 g/mol. The Morgan fingerprint density at radius 2 is 1.93 bits per heavy atom. The molecule has 0 aliphatic carbocycles. The molecule has 1 unspecified atom stereocenters. The Balaban J connectivity index is 1.58. The summed E-state index contributed by atoms with van der Waals surface area (Å²) in [5, 5.41) is 4.15. The van der Waals surface area contributed by atoms with Crippen LogP contribution in [-0.4, -0.2) is 29.2 Å². The van der Waals surface area contributed by atoms with Crippen molar-refractivity contribution in [3.05, 3.63) is 78.1 Å². The molecule has 2 aromatic carbocycles. The van der Waals surface area contributed by atoms with Gasteiger partial charge in [0.2, 0.25) is 0 Å². The lowest BCUT2D eigenvalue weighted by Crippen LogP contribution is -2.13. The first-order valence-electron chi connectivity index (χ1n) is 9.00. The zero-order chi connectivity index (χ0) is 19.0. The number of aromatic nitrogens is 1. The summed E-state index contributed by atoms with van der Waals surface area (Å²) in [6.45, 7) is 4.82. The Morgan fingerprint density at radius 1 is 1.15 bits per heavy atom. The predicted octanol–water partition coefficient (Wildman–Crippen LogP) is 4.64. The average Bonchev–Trinajstić information content (AvgIpc) is 3.19. The molecule has 2 heterocycles. The van der Waals surface area contributed by atoms with Crippen LogP contribution < -0.4 is 10.2 Å². The molecule has 138 valence electrons. The molecule has 4 nitrogen and oxygen atoms in total. The van der Waals surface area contributed by atoms with Crippen molar-refractivity contribution < 1.29 is 4.79 Å². The van der Waals surface area contributed by atoms with E-state index in [0.29, 0.717) is 0 Å². The van der Waals surface area contributed by atoms with E-state index in [9.17, 15) is 4.79 Å². The van der Waals surface area contributed by atoms with E-state index >= 15 is 0 Å². The lowest BCUT2D eigenvalue weighted by atomic mass is 10.0. The number of carbonyl (C=O) groups excluding carboxylic acids is 1. The predicted molar refractivity (Wildman–Crippen MR) is 115 cm³/mol. The highest BCUT2D eigenvalue weighted by Crippen LogP contribution is 2.31. The molecule has 0 saturated carbocycles. The largest absolute Gasteiger partial charge is 0.378 e. The van der Waals surface area contributed by atoms with Crippen molar-refractivity contribution in [1.29, 1.82) is 0 Å². The molecule has 5 heteroatoms. The quantitative estimate of drug-likeness (QED) is 0.704. The van der Waals surface area contributed by atoms with Crippen molar-refractivity contribution in [2.75, 3.05) is 19.0 Å². The highest BCUT2D eigenvalue weighted by Gasteiger charge is 2.27. The fraction of sp³-hybridized carbons (Fsp3) is 0.227. The molecule has 1 fully saturated rings. The van der Waals surface area contributed by atoms with Gasteiger partial charge in [-0.15, -0.1) is 0 Å². The first-order valence-corrected chi connectivity index (χ1v) is 9.88. The van der Waals surface area contributed by atoms with Crippen LogP contribution in [0, 0.1) is 0 Å². The summed E-state index contributed by atoms with van der Waals surface area (Å²) < 4.78 is 2.28. The summed E-state index contributed by atoms with van der Waals surface area (Å²) in [5.41, 5.74) is 5.76. The van der Waals surface area contributed by atoms with E-state index < -0.39 is 0 Å². The van der Waals surface area contributed by atoms with Crippen molar-refractivity contribution in [3.8, 4) is 0 Å². The summed E-state index contributed by atoms with van der Waals surface area (Å²) in [4.78, 5) is 13.7. The summed E-state index contributed by atoms with van der Waals surface area (Å²) in [6.07, 6.45) is 2.95. The van der Waals surface area contributed by atoms with Crippen LogP contribution in [0.3, 0.4) is 0 Å². The monoisotopic (exact) mass is 377 g/mol. The normalized spacial score (nSPS) is 16.7. The number of nitrogens with zero attached hydrogens (tertiary/aromatic N) is 2. The minimum atomic E-state index is -0.00378. The van der Waals surface area contributed by atoms with Crippen molar-refractivity contribution in [3.63, 3.8) is 0 Å². The third-order valence-corrected chi connectivity index (χ3v) is 6.07. The molecule has 3 aromatic rings. The van der Waals surface area contributed by atoms with Crippen molar-refractivity contribution in [2.45, 2.75) is 18.2 Å². The molecule has 4 rings (SSSR count). The van der Waals surface area contributed by atoms with Gasteiger partial charge in [0, 0.05) is 49.1 Å². The van der Waals surface area contributed by atoms with Gasteiger partial charge in [0.05, 0.1) is 5.25 Å². The summed E-state index contributed by atoms with van der Waals surface area (Å²) >= 11 is 1.33. The molecule has 0 bridgehead atoms. The zero-order valence-corrected chi connectivity index (χ0v) is 16.4. The van der Waals surface area contributed by atoms with Crippen molar-refractivity contribution in [2.24, 2.45) is 0 Å². The Kier molecular flexibility index (Phi) is 4.70. The molecule has 0 radical (unpaired) electrons. The van der Waals surface area contributed by atoms with Gasteiger partial charge in [0.25, 0.3) is 5.24 Å². The minimum Gasteiger partial charge on any atom is -0.378 e. The first kappa shape index (κ1) is 17.7. The fourth-order valence-electron chi connectivity index (χ4n) is 3.51. The number of carbonyl (C=O) groups is 1. The van der Waals surface area contributed by atoms with Gasteiger partial charge in [0.15, 0.2) is 0 Å². The maximum Gasteiger partial charge on any atom is 0.283 e. The maximum absolute atomic E-state index is 11.6. The van der Waals surface area contributed by atoms with Crippen LogP contribution >= 0.6 is 11.8 Å². The van der Waals surface area contributed by atoms with Crippen LogP contribution in [0.5, 0.6) is 0 Å².